The van der Waals surface area contributed by atoms with E-state index in [0.717, 1.165) is 23.2 Å². The molecule has 16 heavy (non-hydrogen) atoms. The molecule has 0 heterocycles. The summed E-state index contributed by atoms with van der Waals surface area (Å²) >= 11 is 3.62. The fourth-order valence-electron chi connectivity index (χ4n) is 2.01. The van der Waals surface area contributed by atoms with Gasteiger partial charge in [0.15, 0.2) is 0 Å². The molecule has 0 unspecified atom stereocenters. The number of ether oxygens (including phenoxy) is 1. The van der Waals surface area contributed by atoms with E-state index >= 15 is 0 Å². The third-order valence-corrected chi connectivity index (χ3v) is 4.12. The van der Waals surface area contributed by atoms with E-state index in [0.29, 0.717) is 0 Å². The molecule has 0 saturated heterocycles. The van der Waals surface area contributed by atoms with Gasteiger partial charge in [0.05, 0.1) is 11.6 Å². The normalized spacial score (nSPS) is 10.6. The summed E-state index contributed by atoms with van der Waals surface area (Å²) in [6, 6.07) is 0. The van der Waals surface area contributed by atoms with Gasteiger partial charge in [0.2, 0.25) is 0 Å². The van der Waals surface area contributed by atoms with Crippen molar-refractivity contribution in [1.82, 2.24) is 5.32 Å². The molecular weight excluding hydrogens is 266 g/mol. The second-order valence-corrected chi connectivity index (χ2v) is 4.85. The Hall–Kier alpha value is -0.540. The van der Waals surface area contributed by atoms with Crippen molar-refractivity contribution in [3.63, 3.8) is 0 Å². The van der Waals surface area contributed by atoms with Crippen molar-refractivity contribution in [3.8, 4) is 5.75 Å². The first kappa shape index (κ1) is 13.5. The van der Waals surface area contributed by atoms with Crippen LogP contribution in [-0.4, -0.2) is 20.7 Å². The summed E-state index contributed by atoms with van der Waals surface area (Å²) in [5, 5.41) is 3.19. The molecule has 1 aromatic carbocycles. The highest BCUT2D eigenvalue weighted by atomic mass is 79.9. The predicted octanol–water partition coefficient (Wildman–Crippen LogP) is 3.14. The minimum Gasteiger partial charge on any atom is -0.495 e. The zero-order chi connectivity index (χ0) is 12.3. The summed E-state index contributed by atoms with van der Waals surface area (Å²) in [6.07, 6.45) is 1.05. The van der Waals surface area contributed by atoms with Crippen LogP contribution < -0.4 is 10.1 Å². The van der Waals surface area contributed by atoms with Crippen LogP contribution in [0.3, 0.4) is 0 Å². The molecule has 0 aromatic heterocycles. The Morgan fingerprint density at radius 1 is 1.12 bits per heavy atom. The molecule has 0 aliphatic carbocycles. The standard InChI is InChI=1S/C13H20BrNO/c1-8-9(2)13(16-5)12(14)10(3)11(8)6-7-15-4/h15H,6-7H2,1-5H3. The van der Waals surface area contributed by atoms with Crippen LogP contribution in [0, 0.1) is 20.8 Å². The molecule has 0 atom stereocenters. The lowest BCUT2D eigenvalue weighted by Gasteiger charge is -2.18. The van der Waals surface area contributed by atoms with Crippen LogP contribution in [0.2, 0.25) is 0 Å². The molecule has 0 amide bonds. The van der Waals surface area contributed by atoms with Crippen molar-refractivity contribution in [2.45, 2.75) is 27.2 Å². The summed E-state index contributed by atoms with van der Waals surface area (Å²) < 4.78 is 6.52. The minimum absolute atomic E-state index is 0.961. The Labute approximate surface area is 107 Å². The molecule has 0 fully saturated rings. The van der Waals surface area contributed by atoms with Gasteiger partial charge in [0, 0.05) is 0 Å². The van der Waals surface area contributed by atoms with Gasteiger partial charge in [-0.2, -0.15) is 0 Å². The number of halogens is 1. The van der Waals surface area contributed by atoms with E-state index < -0.39 is 0 Å². The van der Waals surface area contributed by atoms with Gasteiger partial charge in [0.1, 0.15) is 5.75 Å². The van der Waals surface area contributed by atoms with Gasteiger partial charge in [-0.25, -0.2) is 0 Å². The summed E-state index contributed by atoms with van der Waals surface area (Å²) in [7, 11) is 3.70. The van der Waals surface area contributed by atoms with Crippen LogP contribution in [0.5, 0.6) is 5.75 Å². The number of hydrogen-bond donors (Lipinski definition) is 1. The van der Waals surface area contributed by atoms with E-state index in [1.807, 2.05) is 7.05 Å². The Bertz CT molecular complexity index is 359. The zero-order valence-electron chi connectivity index (χ0n) is 10.7. The summed E-state index contributed by atoms with van der Waals surface area (Å²) in [5.41, 5.74) is 5.27. The highest BCUT2D eigenvalue weighted by molar-refractivity contribution is 9.10. The molecule has 3 heteroatoms. The third-order valence-electron chi connectivity index (χ3n) is 3.17. The van der Waals surface area contributed by atoms with Crippen LogP contribution in [0.25, 0.3) is 0 Å². The number of likely N-dealkylation sites (N-methyl/N-ethyl adjacent to an activating group) is 1. The molecule has 0 radical (unpaired) electrons. The van der Waals surface area contributed by atoms with Gasteiger partial charge in [-0.05, 0) is 79.0 Å². The van der Waals surface area contributed by atoms with Crippen LogP contribution >= 0.6 is 15.9 Å². The van der Waals surface area contributed by atoms with Gasteiger partial charge < -0.3 is 10.1 Å². The first-order valence-electron chi connectivity index (χ1n) is 5.51. The van der Waals surface area contributed by atoms with Gasteiger partial charge in [-0.1, -0.05) is 0 Å². The first-order chi connectivity index (χ1) is 7.54. The largest absolute Gasteiger partial charge is 0.495 e. The Morgan fingerprint density at radius 2 is 1.75 bits per heavy atom. The average molecular weight is 286 g/mol. The number of methoxy groups -OCH3 is 1. The number of rotatable bonds is 4. The average Bonchev–Trinajstić information content (AvgIpc) is 2.27. The molecule has 0 aliphatic heterocycles. The Balaban J connectivity index is 3.29. The van der Waals surface area contributed by atoms with E-state index in [1.54, 1.807) is 7.11 Å². The first-order valence-corrected chi connectivity index (χ1v) is 6.30. The maximum Gasteiger partial charge on any atom is 0.136 e. The van der Waals surface area contributed by atoms with Gasteiger partial charge in [0.25, 0.3) is 0 Å². The van der Waals surface area contributed by atoms with Crippen molar-refractivity contribution in [2.24, 2.45) is 0 Å². The summed E-state index contributed by atoms with van der Waals surface area (Å²) in [4.78, 5) is 0. The molecule has 1 aromatic rings. The minimum atomic E-state index is 0.961. The van der Waals surface area contributed by atoms with Crippen molar-refractivity contribution in [3.05, 3.63) is 26.7 Å². The number of nitrogens with one attached hydrogen (secondary N) is 1. The fourth-order valence-corrected chi connectivity index (χ4v) is 2.71. The lowest BCUT2D eigenvalue weighted by molar-refractivity contribution is 0.408. The maximum atomic E-state index is 5.43. The van der Waals surface area contributed by atoms with Crippen molar-refractivity contribution in [2.75, 3.05) is 20.7 Å². The lowest BCUT2D eigenvalue weighted by atomic mass is 9.95. The zero-order valence-corrected chi connectivity index (χ0v) is 12.3. The van der Waals surface area contributed by atoms with Crippen molar-refractivity contribution < 1.29 is 4.74 Å². The third kappa shape index (κ3) is 2.41. The van der Waals surface area contributed by atoms with Crippen LogP contribution in [0.4, 0.5) is 0 Å². The molecule has 1 N–H and O–H groups in total. The van der Waals surface area contributed by atoms with Gasteiger partial charge in [-0.3, -0.25) is 0 Å². The number of hydrogen-bond acceptors (Lipinski definition) is 2. The van der Waals surface area contributed by atoms with Crippen LogP contribution in [0.1, 0.15) is 22.3 Å². The smallest absolute Gasteiger partial charge is 0.136 e. The molecular formula is C13H20BrNO. The lowest BCUT2D eigenvalue weighted by Crippen LogP contribution is -2.13. The van der Waals surface area contributed by atoms with Gasteiger partial charge >= 0.3 is 0 Å². The summed E-state index contributed by atoms with van der Waals surface area (Å²) in [5.74, 6) is 0.961. The monoisotopic (exact) mass is 285 g/mol. The van der Waals surface area contributed by atoms with Crippen molar-refractivity contribution in [1.29, 1.82) is 0 Å². The van der Waals surface area contributed by atoms with E-state index in [4.69, 9.17) is 4.74 Å². The molecule has 2 nitrogen and oxygen atoms in total. The topological polar surface area (TPSA) is 21.3 Å². The fraction of sp³-hybridized carbons (Fsp3) is 0.538. The molecule has 90 valence electrons. The number of benzene rings is 1. The van der Waals surface area contributed by atoms with E-state index in [1.165, 1.54) is 22.3 Å². The highest BCUT2D eigenvalue weighted by Gasteiger charge is 2.15. The molecule has 1 rings (SSSR count). The van der Waals surface area contributed by atoms with Gasteiger partial charge in [-0.15, -0.1) is 0 Å². The van der Waals surface area contributed by atoms with Crippen molar-refractivity contribution >= 4 is 15.9 Å². The second-order valence-electron chi connectivity index (χ2n) is 4.05. The maximum absolute atomic E-state index is 5.43. The molecule has 0 aliphatic rings. The molecule has 0 bridgehead atoms. The van der Waals surface area contributed by atoms with E-state index in [-0.39, 0.29) is 0 Å². The second kappa shape index (κ2) is 5.69. The highest BCUT2D eigenvalue weighted by Crippen LogP contribution is 2.36. The SMILES string of the molecule is CNCCc1c(C)c(C)c(OC)c(Br)c1C. The van der Waals surface area contributed by atoms with Crippen LogP contribution in [-0.2, 0) is 6.42 Å². The summed E-state index contributed by atoms with van der Waals surface area (Å²) in [6.45, 7) is 7.42. The van der Waals surface area contributed by atoms with E-state index in [9.17, 15) is 0 Å². The molecule has 0 saturated carbocycles. The quantitative estimate of drug-likeness (QED) is 0.918. The van der Waals surface area contributed by atoms with E-state index in [2.05, 4.69) is 42.0 Å². The Kier molecular flexibility index (Phi) is 4.81. The predicted molar refractivity (Wildman–Crippen MR) is 72.5 cm³/mol. The van der Waals surface area contributed by atoms with Crippen LogP contribution in [0.15, 0.2) is 4.47 Å². The Morgan fingerprint density at radius 3 is 2.25 bits per heavy atom. The molecule has 0 spiro atoms.